The lowest BCUT2D eigenvalue weighted by Gasteiger charge is -2.09. The van der Waals surface area contributed by atoms with Crippen molar-refractivity contribution in [3.8, 4) is 17.2 Å². The van der Waals surface area contributed by atoms with Crippen molar-refractivity contribution in [3.63, 3.8) is 0 Å². The molecule has 0 amide bonds. The highest BCUT2D eigenvalue weighted by atomic mass is 16.5. The number of hydrogen-bond donors (Lipinski definition) is 1. The monoisotopic (exact) mass is 288 g/mol. The average molecular weight is 288 g/mol. The van der Waals surface area contributed by atoms with Gasteiger partial charge in [0.1, 0.15) is 12.4 Å². The fraction of sp³-hybridized carbons (Fsp3) is 0.188. The first-order valence-corrected chi connectivity index (χ1v) is 6.31. The van der Waals surface area contributed by atoms with Gasteiger partial charge >= 0.3 is 5.97 Å². The predicted octanol–water partition coefficient (Wildman–Crippen LogP) is 2.77. The highest BCUT2D eigenvalue weighted by molar-refractivity contribution is 5.90. The molecule has 0 aliphatic rings. The van der Waals surface area contributed by atoms with Crippen molar-refractivity contribution < 1.29 is 24.1 Å². The number of methoxy groups -OCH3 is 2. The number of rotatable bonds is 5. The summed E-state index contributed by atoms with van der Waals surface area (Å²) in [6.07, 6.45) is 0. The number of esters is 1. The third-order valence-corrected chi connectivity index (χ3v) is 2.93. The van der Waals surface area contributed by atoms with Crippen molar-refractivity contribution >= 4 is 5.97 Å². The molecule has 2 rings (SSSR count). The second-order valence-electron chi connectivity index (χ2n) is 4.31. The minimum atomic E-state index is -0.507. The molecule has 21 heavy (non-hydrogen) atoms. The van der Waals surface area contributed by atoms with Crippen LogP contribution in [0.2, 0.25) is 0 Å². The Balaban J connectivity index is 2.04. The number of phenolic OH excluding ortho intramolecular Hbond substituents is 1. The lowest BCUT2D eigenvalue weighted by Crippen LogP contribution is -2.01. The Morgan fingerprint density at radius 2 is 1.81 bits per heavy atom. The van der Waals surface area contributed by atoms with Gasteiger partial charge in [0, 0.05) is 0 Å². The minimum Gasteiger partial charge on any atom is -0.504 e. The van der Waals surface area contributed by atoms with Crippen LogP contribution < -0.4 is 9.47 Å². The Morgan fingerprint density at radius 3 is 2.38 bits per heavy atom. The number of carbonyl (C=O) groups is 1. The lowest BCUT2D eigenvalue weighted by atomic mass is 10.2. The summed E-state index contributed by atoms with van der Waals surface area (Å²) in [5.74, 6) is 0.459. The van der Waals surface area contributed by atoms with Crippen LogP contribution in [0.4, 0.5) is 0 Å². The van der Waals surface area contributed by atoms with Gasteiger partial charge in [-0.2, -0.15) is 0 Å². The predicted molar refractivity (Wildman–Crippen MR) is 76.8 cm³/mol. The summed E-state index contributed by atoms with van der Waals surface area (Å²) in [6.45, 7) is 0.301. The molecule has 2 aromatic carbocycles. The van der Waals surface area contributed by atoms with Gasteiger partial charge in [0.15, 0.2) is 11.5 Å². The molecule has 0 aliphatic carbocycles. The molecule has 1 N–H and O–H groups in total. The highest BCUT2D eigenvalue weighted by Gasteiger charge is 2.10. The number of benzene rings is 2. The molecule has 110 valence electrons. The summed E-state index contributed by atoms with van der Waals surface area (Å²) in [5, 5.41) is 9.84. The molecule has 0 radical (unpaired) electrons. The second kappa shape index (κ2) is 6.65. The van der Waals surface area contributed by atoms with Crippen molar-refractivity contribution in [2.45, 2.75) is 6.61 Å². The Labute approximate surface area is 122 Å². The summed E-state index contributed by atoms with van der Waals surface area (Å²) >= 11 is 0. The van der Waals surface area contributed by atoms with E-state index in [4.69, 9.17) is 9.47 Å². The molecule has 0 aromatic heterocycles. The SMILES string of the molecule is COC(=O)c1ccc(OCc2ccc(OC)cc2)c(O)c1. The molecule has 0 saturated heterocycles. The van der Waals surface area contributed by atoms with Crippen molar-refractivity contribution in [1.29, 1.82) is 0 Å². The van der Waals surface area contributed by atoms with Crippen LogP contribution in [0.1, 0.15) is 15.9 Å². The van der Waals surface area contributed by atoms with Gasteiger partial charge in [-0.1, -0.05) is 12.1 Å². The largest absolute Gasteiger partial charge is 0.504 e. The van der Waals surface area contributed by atoms with Gasteiger partial charge in [-0.25, -0.2) is 4.79 Å². The topological polar surface area (TPSA) is 65.0 Å². The molecule has 0 saturated carbocycles. The van der Waals surface area contributed by atoms with E-state index >= 15 is 0 Å². The van der Waals surface area contributed by atoms with Crippen molar-refractivity contribution in [2.75, 3.05) is 14.2 Å². The first kappa shape index (κ1) is 14.7. The van der Waals surface area contributed by atoms with Crippen LogP contribution in [0, 0.1) is 0 Å². The van der Waals surface area contributed by atoms with Gasteiger partial charge in [-0.3, -0.25) is 0 Å². The Bertz CT molecular complexity index is 619. The molecule has 0 bridgehead atoms. The molecular weight excluding hydrogens is 272 g/mol. The van der Waals surface area contributed by atoms with Crippen LogP contribution >= 0.6 is 0 Å². The summed E-state index contributed by atoms with van der Waals surface area (Å²) < 4.78 is 15.2. The van der Waals surface area contributed by atoms with E-state index in [1.807, 2.05) is 24.3 Å². The van der Waals surface area contributed by atoms with E-state index in [1.165, 1.54) is 25.3 Å². The second-order valence-corrected chi connectivity index (χ2v) is 4.31. The zero-order valence-electron chi connectivity index (χ0n) is 11.8. The van der Waals surface area contributed by atoms with Crippen molar-refractivity contribution in [3.05, 3.63) is 53.6 Å². The lowest BCUT2D eigenvalue weighted by molar-refractivity contribution is 0.0600. The zero-order valence-corrected chi connectivity index (χ0v) is 11.8. The molecule has 2 aromatic rings. The Morgan fingerprint density at radius 1 is 1.10 bits per heavy atom. The first-order chi connectivity index (χ1) is 10.1. The third kappa shape index (κ3) is 3.66. The van der Waals surface area contributed by atoms with E-state index in [2.05, 4.69) is 4.74 Å². The summed E-state index contributed by atoms with van der Waals surface area (Å²) in [6, 6.07) is 11.8. The van der Waals surface area contributed by atoms with E-state index in [-0.39, 0.29) is 11.3 Å². The average Bonchev–Trinajstić information content (AvgIpc) is 2.53. The van der Waals surface area contributed by atoms with Crippen LogP contribution in [-0.2, 0) is 11.3 Å². The number of carbonyl (C=O) groups excluding carboxylic acids is 1. The van der Waals surface area contributed by atoms with Gasteiger partial charge < -0.3 is 19.3 Å². The molecule has 0 fully saturated rings. The van der Waals surface area contributed by atoms with Gasteiger partial charge in [-0.05, 0) is 35.9 Å². The maximum absolute atomic E-state index is 11.3. The van der Waals surface area contributed by atoms with Crippen LogP contribution in [-0.4, -0.2) is 25.3 Å². The van der Waals surface area contributed by atoms with E-state index < -0.39 is 5.97 Å². The van der Waals surface area contributed by atoms with Crippen LogP contribution in [0.5, 0.6) is 17.2 Å². The number of hydrogen-bond acceptors (Lipinski definition) is 5. The standard InChI is InChI=1S/C16H16O5/c1-19-13-6-3-11(4-7-13)10-21-15-8-5-12(9-14(15)17)16(18)20-2/h3-9,17H,10H2,1-2H3. The van der Waals surface area contributed by atoms with Gasteiger partial charge in [-0.15, -0.1) is 0 Å². The number of phenols is 1. The van der Waals surface area contributed by atoms with E-state index in [0.717, 1.165) is 11.3 Å². The smallest absolute Gasteiger partial charge is 0.337 e. The van der Waals surface area contributed by atoms with Crippen LogP contribution in [0.3, 0.4) is 0 Å². The zero-order chi connectivity index (χ0) is 15.2. The summed E-state index contributed by atoms with van der Waals surface area (Å²) in [4.78, 5) is 11.3. The maximum Gasteiger partial charge on any atom is 0.337 e. The normalized spacial score (nSPS) is 10.0. The van der Waals surface area contributed by atoms with Gasteiger partial charge in [0.05, 0.1) is 19.8 Å². The summed E-state index contributed by atoms with van der Waals surface area (Å²) in [5.41, 5.74) is 1.21. The molecule has 5 heteroatoms. The molecule has 5 nitrogen and oxygen atoms in total. The molecular formula is C16H16O5. The molecule has 0 aliphatic heterocycles. The van der Waals surface area contributed by atoms with Gasteiger partial charge in [0.2, 0.25) is 0 Å². The maximum atomic E-state index is 11.3. The van der Waals surface area contributed by atoms with Crippen molar-refractivity contribution in [2.24, 2.45) is 0 Å². The van der Waals surface area contributed by atoms with Gasteiger partial charge in [0.25, 0.3) is 0 Å². The number of ether oxygens (including phenoxy) is 3. The van der Waals surface area contributed by atoms with Crippen molar-refractivity contribution in [1.82, 2.24) is 0 Å². The molecule has 0 atom stereocenters. The molecule has 0 spiro atoms. The molecule has 0 unspecified atom stereocenters. The fourth-order valence-electron chi connectivity index (χ4n) is 1.77. The summed E-state index contributed by atoms with van der Waals surface area (Å²) in [7, 11) is 2.89. The fourth-order valence-corrected chi connectivity index (χ4v) is 1.77. The van der Waals surface area contributed by atoms with E-state index in [0.29, 0.717) is 12.4 Å². The minimum absolute atomic E-state index is 0.105. The third-order valence-electron chi connectivity index (χ3n) is 2.93. The van der Waals surface area contributed by atoms with Crippen LogP contribution in [0.25, 0.3) is 0 Å². The number of aromatic hydroxyl groups is 1. The molecule has 0 heterocycles. The van der Waals surface area contributed by atoms with Crippen LogP contribution in [0.15, 0.2) is 42.5 Å². The van der Waals surface area contributed by atoms with E-state index in [1.54, 1.807) is 7.11 Å². The Kier molecular flexibility index (Phi) is 4.66. The first-order valence-electron chi connectivity index (χ1n) is 6.31. The highest BCUT2D eigenvalue weighted by Crippen LogP contribution is 2.28. The quantitative estimate of drug-likeness (QED) is 0.857. The Hall–Kier alpha value is -2.69. The van der Waals surface area contributed by atoms with E-state index in [9.17, 15) is 9.90 Å².